The second-order valence-corrected chi connectivity index (χ2v) is 20.9. The number of amides is 4. The maximum atomic E-state index is 14.8. The number of hydrogen-bond donors (Lipinski definition) is 3. The van der Waals surface area contributed by atoms with Crippen LogP contribution < -0.4 is 24.8 Å². The second kappa shape index (κ2) is 16.9. The fourth-order valence-electron chi connectivity index (χ4n) is 8.17. The number of hydrogen-bond acceptors (Lipinski definition) is 11. The molecular formula is C47H56N6O9S. The third-order valence-electron chi connectivity index (χ3n) is 11.9. The Morgan fingerprint density at radius 2 is 1.73 bits per heavy atom. The Labute approximate surface area is 368 Å². The van der Waals surface area contributed by atoms with Crippen molar-refractivity contribution in [3.8, 4) is 22.8 Å². The molecular weight excluding hydrogens is 825 g/mol. The Hall–Kier alpha value is -6.03. The topological polar surface area (TPSA) is 195 Å². The largest absolute Gasteiger partial charge is 0.497 e. The van der Waals surface area contributed by atoms with Gasteiger partial charge in [0.05, 0.1) is 29.6 Å². The van der Waals surface area contributed by atoms with E-state index in [1.165, 1.54) is 11.0 Å². The first kappa shape index (κ1) is 45.0. The molecule has 5 atom stereocenters. The number of rotatable bonds is 14. The molecule has 63 heavy (non-hydrogen) atoms. The van der Waals surface area contributed by atoms with Crippen LogP contribution in [0.5, 0.6) is 11.5 Å². The maximum Gasteiger partial charge on any atom is 0.408 e. The molecule has 0 bridgehead atoms. The van der Waals surface area contributed by atoms with Gasteiger partial charge in [0, 0.05) is 47.8 Å². The summed E-state index contributed by atoms with van der Waals surface area (Å²) in [4.78, 5) is 67.3. The molecule has 3 heterocycles. The predicted octanol–water partition coefficient (Wildman–Crippen LogP) is 5.88. The molecule has 2 aliphatic carbocycles. The zero-order valence-electron chi connectivity index (χ0n) is 36.8. The molecule has 334 valence electrons. The number of aromatic nitrogens is 2. The Bertz CT molecular complexity index is 2520. The van der Waals surface area contributed by atoms with Crippen molar-refractivity contribution in [2.75, 3.05) is 13.7 Å². The van der Waals surface area contributed by atoms with Crippen molar-refractivity contribution in [1.29, 1.82) is 0 Å². The Kier molecular flexibility index (Phi) is 12.1. The van der Waals surface area contributed by atoms with E-state index >= 15 is 0 Å². The lowest BCUT2D eigenvalue weighted by Crippen LogP contribution is -2.60. The highest BCUT2D eigenvalue weighted by Crippen LogP contribution is 2.48. The van der Waals surface area contributed by atoms with E-state index in [0.717, 1.165) is 11.1 Å². The lowest BCUT2D eigenvalue weighted by atomic mass is 9.85. The molecule has 2 aromatic carbocycles. The molecule has 3 N–H and O–H groups in total. The summed E-state index contributed by atoms with van der Waals surface area (Å²) >= 11 is 0. The number of carbonyl (C=O) groups excluding carboxylic acids is 4. The van der Waals surface area contributed by atoms with Gasteiger partial charge in [-0.15, -0.1) is 6.58 Å². The van der Waals surface area contributed by atoms with E-state index in [9.17, 15) is 27.6 Å². The molecule has 3 fully saturated rings. The number of methoxy groups -OCH3 is 1. The molecule has 16 heteroatoms. The molecule has 0 radical (unpaired) electrons. The lowest BCUT2D eigenvalue weighted by Gasteiger charge is -2.36. The molecule has 5 unspecified atom stereocenters. The minimum Gasteiger partial charge on any atom is -0.497 e. The van der Waals surface area contributed by atoms with E-state index in [2.05, 4.69) is 26.9 Å². The van der Waals surface area contributed by atoms with Gasteiger partial charge in [-0.25, -0.2) is 18.2 Å². The number of likely N-dealkylation sites (tertiary alicyclic amines) is 1. The summed E-state index contributed by atoms with van der Waals surface area (Å²) in [6.45, 7) is 14.3. The number of fused-ring (bicyclic) bond motifs is 1. The number of benzene rings is 2. The van der Waals surface area contributed by atoms with Gasteiger partial charge < -0.3 is 29.7 Å². The van der Waals surface area contributed by atoms with Crippen LogP contribution >= 0.6 is 0 Å². The highest BCUT2D eigenvalue weighted by molar-refractivity contribution is 7.91. The summed E-state index contributed by atoms with van der Waals surface area (Å²) in [5.41, 5.74) is -0.570. The van der Waals surface area contributed by atoms with Crippen LogP contribution in [-0.4, -0.2) is 94.8 Å². The van der Waals surface area contributed by atoms with Gasteiger partial charge in [0.1, 0.15) is 40.8 Å². The molecule has 0 spiro atoms. The van der Waals surface area contributed by atoms with Crippen LogP contribution in [0, 0.1) is 11.3 Å². The van der Waals surface area contributed by atoms with E-state index in [1.807, 2.05) is 42.5 Å². The van der Waals surface area contributed by atoms with Gasteiger partial charge in [0.15, 0.2) is 0 Å². The van der Waals surface area contributed by atoms with E-state index in [0.29, 0.717) is 40.9 Å². The second-order valence-electron chi connectivity index (χ2n) is 18.8. The summed E-state index contributed by atoms with van der Waals surface area (Å²) in [6.07, 6.45) is 4.11. The van der Waals surface area contributed by atoms with Crippen LogP contribution in [0.15, 0.2) is 91.8 Å². The predicted molar refractivity (Wildman–Crippen MR) is 237 cm³/mol. The van der Waals surface area contributed by atoms with Crippen LogP contribution in [0.3, 0.4) is 0 Å². The molecule has 1 aliphatic heterocycles. The molecule has 7 rings (SSSR count). The Balaban J connectivity index is 1.20. The average Bonchev–Trinajstić information content (AvgIpc) is 4.13. The molecule has 15 nitrogen and oxygen atoms in total. The van der Waals surface area contributed by atoms with Crippen molar-refractivity contribution >= 4 is 44.7 Å². The number of pyridine rings is 2. The van der Waals surface area contributed by atoms with Gasteiger partial charge in [-0.1, -0.05) is 63.2 Å². The lowest BCUT2D eigenvalue weighted by molar-refractivity contribution is -0.143. The summed E-state index contributed by atoms with van der Waals surface area (Å²) in [7, 11) is -2.64. The third-order valence-corrected chi connectivity index (χ3v) is 14.0. The smallest absolute Gasteiger partial charge is 0.408 e. The molecule has 2 aromatic heterocycles. The molecule has 4 amide bonds. The van der Waals surface area contributed by atoms with Crippen molar-refractivity contribution < 1.29 is 41.8 Å². The van der Waals surface area contributed by atoms with Crippen molar-refractivity contribution in [2.24, 2.45) is 11.3 Å². The maximum absolute atomic E-state index is 14.8. The van der Waals surface area contributed by atoms with Gasteiger partial charge >= 0.3 is 6.09 Å². The van der Waals surface area contributed by atoms with E-state index in [-0.39, 0.29) is 25.8 Å². The molecule has 3 aliphatic rings. The van der Waals surface area contributed by atoms with Gasteiger partial charge in [-0.2, -0.15) is 0 Å². The number of alkyl carbamates (subject to hydrolysis) is 1. The highest BCUT2D eigenvalue weighted by atomic mass is 32.2. The third kappa shape index (κ3) is 9.65. The van der Waals surface area contributed by atoms with Gasteiger partial charge in [0.25, 0.3) is 5.91 Å². The first-order valence-corrected chi connectivity index (χ1v) is 22.6. The average molecular weight is 881 g/mol. The molecule has 1 saturated heterocycles. The van der Waals surface area contributed by atoms with Crippen LogP contribution in [0.25, 0.3) is 22.2 Å². The number of nitrogens with one attached hydrogen (secondary N) is 3. The van der Waals surface area contributed by atoms with Crippen molar-refractivity contribution in [3.05, 3.63) is 97.3 Å². The van der Waals surface area contributed by atoms with Crippen molar-refractivity contribution in [2.45, 2.75) is 108 Å². The first-order valence-electron chi connectivity index (χ1n) is 21.1. The normalized spacial score (nSPS) is 22.0. The van der Waals surface area contributed by atoms with Crippen LogP contribution in [0.2, 0.25) is 0 Å². The van der Waals surface area contributed by atoms with E-state index in [4.69, 9.17) is 19.2 Å². The zero-order valence-corrected chi connectivity index (χ0v) is 37.6. The number of carbonyl (C=O) groups is 4. The minimum absolute atomic E-state index is 0.00943. The number of ether oxygens (including phenoxy) is 3. The SMILES string of the molecule is C=CC1CC1(NC(=O)C1CC(Oc2cc(-c3ccccc3)nc3cc(OC)ccc23)CN1C(=O)C(NC(=O)OC(C)(C)C)C(C)(C)C)C(=O)NS(=O)(=O)C1(Cc2cccnc2)CC1. The van der Waals surface area contributed by atoms with Crippen LogP contribution in [0.4, 0.5) is 4.79 Å². The van der Waals surface area contributed by atoms with E-state index < -0.39 is 79.2 Å². The fraction of sp³-hybridized carbons (Fsp3) is 0.447. The summed E-state index contributed by atoms with van der Waals surface area (Å²) < 4.78 is 46.6. The molecule has 2 saturated carbocycles. The van der Waals surface area contributed by atoms with Crippen LogP contribution in [0.1, 0.15) is 72.8 Å². The minimum atomic E-state index is -4.20. The van der Waals surface area contributed by atoms with Crippen molar-refractivity contribution in [1.82, 2.24) is 30.2 Å². The first-order chi connectivity index (χ1) is 29.7. The number of sulfonamides is 1. The summed E-state index contributed by atoms with van der Waals surface area (Å²) in [6, 6.07) is 17.9. The standard InChI is InChI=1S/C47H56N6O9S/c1-9-31-26-47(31,42(56)52-63(58,59)46(19-20-46)25-29-14-13-21-48-27-29)51-40(54)37-23-33(28-53(37)41(55)39(44(2,3)4)50-43(57)62-45(5,6)7)61-38-24-35(30-15-11-10-12-16-30)49-36-22-32(60-8)17-18-34(36)38/h9-18,21-22,24,27,31,33,37,39H,1,19-20,23,25-26,28H2,2-8H3,(H,50,57)(H,51,54)(H,52,56). The van der Waals surface area contributed by atoms with Crippen LogP contribution in [-0.2, 0) is 35.6 Å². The fourth-order valence-corrected chi connectivity index (χ4v) is 9.80. The molecule has 4 aromatic rings. The van der Waals surface area contributed by atoms with Gasteiger partial charge in [-0.05, 0) is 75.6 Å². The Morgan fingerprint density at radius 1 is 1.00 bits per heavy atom. The van der Waals surface area contributed by atoms with Gasteiger partial charge in [0.2, 0.25) is 21.8 Å². The summed E-state index contributed by atoms with van der Waals surface area (Å²) in [5.74, 6) is -1.69. The monoisotopic (exact) mass is 880 g/mol. The van der Waals surface area contributed by atoms with E-state index in [1.54, 1.807) is 85.3 Å². The highest BCUT2D eigenvalue weighted by Gasteiger charge is 2.63. The zero-order chi connectivity index (χ0) is 45.5. The summed E-state index contributed by atoms with van der Waals surface area (Å²) in [5, 5.41) is 6.27. The quantitative estimate of drug-likeness (QED) is 0.128. The Morgan fingerprint density at radius 3 is 2.33 bits per heavy atom. The number of nitrogens with zero attached hydrogens (tertiary/aromatic N) is 3. The van der Waals surface area contributed by atoms with Gasteiger partial charge in [-0.3, -0.25) is 24.1 Å². The van der Waals surface area contributed by atoms with Crippen molar-refractivity contribution in [3.63, 3.8) is 0 Å².